The van der Waals surface area contributed by atoms with Crippen LogP contribution < -0.4 is 5.32 Å². The molecule has 2 heterocycles. The Morgan fingerprint density at radius 1 is 1.33 bits per heavy atom. The fourth-order valence-corrected chi connectivity index (χ4v) is 6.12. The van der Waals surface area contributed by atoms with Crippen LogP contribution >= 0.6 is 11.3 Å². The van der Waals surface area contributed by atoms with Crippen molar-refractivity contribution >= 4 is 21.4 Å². The van der Waals surface area contributed by atoms with E-state index in [1.54, 1.807) is 10.4 Å². The molecule has 1 fully saturated rings. The molecule has 6 heteroatoms. The minimum absolute atomic E-state index is 0.167. The molecular weight excluding hydrogens is 304 g/mol. The normalized spacial score (nSPS) is 21.3. The molecule has 1 atom stereocenters. The van der Waals surface area contributed by atoms with Gasteiger partial charge in [-0.1, -0.05) is 19.8 Å². The van der Waals surface area contributed by atoms with E-state index in [-0.39, 0.29) is 6.04 Å². The van der Waals surface area contributed by atoms with Gasteiger partial charge in [0.2, 0.25) is 0 Å². The molecule has 0 saturated carbocycles. The number of thiophene rings is 1. The zero-order valence-electron chi connectivity index (χ0n) is 13.0. The second-order valence-electron chi connectivity index (χ2n) is 5.60. The first kappa shape index (κ1) is 16.9. The summed E-state index contributed by atoms with van der Waals surface area (Å²) >= 11 is 1.42. The summed E-state index contributed by atoms with van der Waals surface area (Å²) < 4.78 is 28.1. The Labute approximate surface area is 132 Å². The summed E-state index contributed by atoms with van der Waals surface area (Å²) in [6, 6.07) is 3.90. The summed E-state index contributed by atoms with van der Waals surface area (Å²) in [5, 5.41) is 3.10. The Bertz CT molecular complexity index is 540. The van der Waals surface area contributed by atoms with Crippen LogP contribution in [0.25, 0.3) is 0 Å². The third-order valence-electron chi connectivity index (χ3n) is 4.12. The molecule has 0 aromatic carbocycles. The quantitative estimate of drug-likeness (QED) is 0.872. The van der Waals surface area contributed by atoms with Crippen molar-refractivity contribution in [2.24, 2.45) is 0 Å². The van der Waals surface area contributed by atoms with E-state index in [0.29, 0.717) is 10.8 Å². The first-order valence-corrected chi connectivity index (χ1v) is 10.1. The van der Waals surface area contributed by atoms with Gasteiger partial charge in [-0.05, 0) is 51.4 Å². The third-order valence-corrected chi connectivity index (χ3v) is 7.68. The van der Waals surface area contributed by atoms with Crippen molar-refractivity contribution in [2.45, 2.75) is 55.7 Å². The van der Waals surface area contributed by atoms with Crippen molar-refractivity contribution in [1.29, 1.82) is 0 Å². The monoisotopic (exact) mass is 330 g/mol. The lowest BCUT2D eigenvalue weighted by Gasteiger charge is -2.27. The zero-order valence-corrected chi connectivity index (χ0v) is 14.6. The van der Waals surface area contributed by atoms with Crippen molar-refractivity contribution in [2.75, 3.05) is 20.1 Å². The highest BCUT2D eigenvalue weighted by Gasteiger charge is 2.32. The number of nitrogens with one attached hydrogen (secondary N) is 1. The van der Waals surface area contributed by atoms with E-state index in [1.165, 1.54) is 11.3 Å². The smallest absolute Gasteiger partial charge is 0.252 e. The van der Waals surface area contributed by atoms with Crippen LogP contribution in [0.2, 0.25) is 0 Å². The van der Waals surface area contributed by atoms with Crippen LogP contribution in [0.4, 0.5) is 0 Å². The van der Waals surface area contributed by atoms with Gasteiger partial charge in [0.15, 0.2) is 0 Å². The van der Waals surface area contributed by atoms with E-state index in [9.17, 15) is 8.42 Å². The number of hydrogen-bond acceptors (Lipinski definition) is 4. The lowest BCUT2D eigenvalue weighted by Crippen LogP contribution is -2.39. The molecule has 0 spiro atoms. The molecule has 1 aromatic rings. The molecule has 1 saturated heterocycles. The van der Waals surface area contributed by atoms with Crippen LogP contribution in [-0.4, -0.2) is 38.9 Å². The molecule has 0 aliphatic carbocycles. The van der Waals surface area contributed by atoms with Gasteiger partial charge in [0.05, 0.1) is 0 Å². The van der Waals surface area contributed by atoms with Crippen LogP contribution in [0, 0.1) is 0 Å². The molecule has 0 amide bonds. The molecule has 1 aromatic heterocycles. The van der Waals surface area contributed by atoms with E-state index in [2.05, 4.69) is 12.2 Å². The average Bonchev–Trinajstić information content (AvgIpc) is 2.82. The Morgan fingerprint density at radius 2 is 2.14 bits per heavy atom. The number of hydrogen-bond donors (Lipinski definition) is 1. The molecular formula is C15H26N2O2S2. The fraction of sp³-hybridized carbons (Fsp3) is 0.733. The van der Waals surface area contributed by atoms with Crippen LogP contribution in [-0.2, 0) is 16.4 Å². The predicted molar refractivity (Wildman–Crippen MR) is 88.4 cm³/mol. The largest absolute Gasteiger partial charge is 0.319 e. The SMILES string of the molecule is CCC1CCCCCN1S(=O)(=O)c1ccc(CCNC)s1. The Balaban J connectivity index is 2.20. The summed E-state index contributed by atoms with van der Waals surface area (Å²) in [4.78, 5) is 1.13. The second-order valence-corrected chi connectivity index (χ2v) is 8.89. The van der Waals surface area contributed by atoms with Gasteiger partial charge in [0.1, 0.15) is 4.21 Å². The fourth-order valence-electron chi connectivity index (χ4n) is 2.87. The molecule has 1 unspecified atom stereocenters. The second kappa shape index (κ2) is 7.72. The first-order valence-electron chi connectivity index (χ1n) is 7.84. The number of sulfonamides is 1. The van der Waals surface area contributed by atoms with Crippen molar-refractivity contribution in [3.63, 3.8) is 0 Å². The minimum Gasteiger partial charge on any atom is -0.319 e. The van der Waals surface area contributed by atoms with Gasteiger partial charge in [0.25, 0.3) is 10.0 Å². The van der Waals surface area contributed by atoms with Crippen molar-refractivity contribution in [3.05, 3.63) is 17.0 Å². The summed E-state index contributed by atoms with van der Waals surface area (Å²) in [6.07, 6.45) is 6.04. The molecule has 21 heavy (non-hydrogen) atoms. The minimum atomic E-state index is -3.32. The molecule has 1 aliphatic heterocycles. The highest BCUT2D eigenvalue weighted by molar-refractivity contribution is 7.91. The highest BCUT2D eigenvalue weighted by atomic mass is 32.2. The molecule has 0 bridgehead atoms. The summed E-state index contributed by atoms with van der Waals surface area (Å²) in [5.74, 6) is 0. The zero-order chi connectivity index (χ0) is 15.3. The topological polar surface area (TPSA) is 49.4 Å². The van der Waals surface area contributed by atoms with E-state index < -0.39 is 10.0 Å². The van der Waals surface area contributed by atoms with Gasteiger partial charge >= 0.3 is 0 Å². The molecule has 2 rings (SSSR count). The van der Waals surface area contributed by atoms with Crippen LogP contribution in [0.15, 0.2) is 16.3 Å². The summed E-state index contributed by atoms with van der Waals surface area (Å²) in [5.41, 5.74) is 0. The van der Waals surface area contributed by atoms with Crippen LogP contribution in [0.1, 0.15) is 43.9 Å². The van der Waals surface area contributed by atoms with E-state index in [4.69, 9.17) is 0 Å². The van der Waals surface area contributed by atoms with E-state index in [1.807, 2.05) is 13.1 Å². The van der Waals surface area contributed by atoms with Gasteiger partial charge in [-0.2, -0.15) is 4.31 Å². The standard InChI is InChI=1S/C15H26N2O2S2/c1-3-13-7-5-4-6-12-17(13)21(18,19)15-9-8-14(20-15)10-11-16-2/h8-9,13,16H,3-7,10-12H2,1-2H3. The molecule has 1 aliphatic rings. The molecule has 4 nitrogen and oxygen atoms in total. The highest BCUT2D eigenvalue weighted by Crippen LogP contribution is 2.30. The van der Waals surface area contributed by atoms with Gasteiger partial charge < -0.3 is 5.32 Å². The number of rotatable bonds is 6. The van der Waals surface area contributed by atoms with Crippen LogP contribution in [0.3, 0.4) is 0 Å². The van der Waals surface area contributed by atoms with E-state index in [0.717, 1.165) is 49.9 Å². The van der Waals surface area contributed by atoms with Gasteiger partial charge in [-0.25, -0.2) is 8.42 Å². The average molecular weight is 331 g/mol. The number of likely N-dealkylation sites (N-methyl/N-ethyl adjacent to an activating group) is 1. The number of nitrogens with zero attached hydrogens (tertiary/aromatic N) is 1. The predicted octanol–water partition coefficient (Wildman–Crippen LogP) is 2.85. The third kappa shape index (κ3) is 4.06. The maximum atomic E-state index is 12.9. The molecule has 1 N–H and O–H groups in total. The van der Waals surface area contributed by atoms with Crippen molar-refractivity contribution in [3.8, 4) is 0 Å². The lowest BCUT2D eigenvalue weighted by molar-refractivity contribution is 0.316. The van der Waals surface area contributed by atoms with Gasteiger partial charge in [0, 0.05) is 17.5 Å². The molecule has 0 radical (unpaired) electrons. The Morgan fingerprint density at radius 3 is 2.86 bits per heavy atom. The molecule has 120 valence electrons. The maximum absolute atomic E-state index is 12.9. The maximum Gasteiger partial charge on any atom is 0.252 e. The van der Waals surface area contributed by atoms with Crippen molar-refractivity contribution < 1.29 is 8.42 Å². The van der Waals surface area contributed by atoms with E-state index >= 15 is 0 Å². The van der Waals surface area contributed by atoms with Gasteiger partial charge in [-0.3, -0.25) is 0 Å². The van der Waals surface area contributed by atoms with Crippen LogP contribution in [0.5, 0.6) is 0 Å². The van der Waals surface area contributed by atoms with Gasteiger partial charge in [-0.15, -0.1) is 11.3 Å². The summed E-state index contributed by atoms with van der Waals surface area (Å²) in [6.45, 7) is 3.64. The van der Waals surface area contributed by atoms with Crippen molar-refractivity contribution in [1.82, 2.24) is 9.62 Å². The first-order chi connectivity index (χ1) is 10.1. The Hall–Kier alpha value is -0.430. The summed E-state index contributed by atoms with van der Waals surface area (Å²) in [7, 11) is -1.41. The lowest BCUT2D eigenvalue weighted by atomic mass is 10.1. The Kier molecular flexibility index (Phi) is 6.22.